The largest absolute Gasteiger partial charge is 0.298 e. The summed E-state index contributed by atoms with van der Waals surface area (Å²) in [5.74, 6) is 6.24. The quantitative estimate of drug-likeness (QED) is 0.619. The van der Waals surface area contributed by atoms with E-state index in [0.29, 0.717) is 12.8 Å². The van der Waals surface area contributed by atoms with Crippen molar-refractivity contribution in [3.63, 3.8) is 0 Å². The summed E-state index contributed by atoms with van der Waals surface area (Å²) in [6, 6.07) is 8.13. The van der Waals surface area contributed by atoms with Crippen molar-refractivity contribution in [2.45, 2.75) is 43.8 Å². The standard InChI is InChI=1S/C10H14OS.C7H5NS/c1-2-3-4-7-10(12)8-5-6-9(10)11;1-2-4-7-6(3-1)8-5-9-7/h12H,2,5-8H2,1H3;1-5H. The van der Waals surface area contributed by atoms with Gasteiger partial charge in [0.1, 0.15) is 5.78 Å². The number of fused-ring (bicyclic) bond motifs is 1. The van der Waals surface area contributed by atoms with Crippen molar-refractivity contribution >= 4 is 40.0 Å². The smallest absolute Gasteiger partial charge is 0.149 e. The molecule has 1 aliphatic carbocycles. The van der Waals surface area contributed by atoms with Crippen LogP contribution in [-0.4, -0.2) is 15.5 Å². The van der Waals surface area contributed by atoms with E-state index in [1.54, 1.807) is 11.3 Å². The van der Waals surface area contributed by atoms with Gasteiger partial charge in [-0.25, -0.2) is 4.98 Å². The first-order chi connectivity index (χ1) is 10.2. The fourth-order valence-electron chi connectivity index (χ4n) is 2.24. The molecule has 0 saturated heterocycles. The Hall–Kier alpha value is -1.31. The highest BCUT2D eigenvalue weighted by Crippen LogP contribution is 2.34. The summed E-state index contributed by atoms with van der Waals surface area (Å²) in [5.41, 5.74) is 2.97. The van der Waals surface area contributed by atoms with Gasteiger partial charge >= 0.3 is 0 Å². The summed E-state index contributed by atoms with van der Waals surface area (Å²) in [6.45, 7) is 2.01. The monoisotopic (exact) mass is 317 g/mol. The summed E-state index contributed by atoms with van der Waals surface area (Å²) in [5, 5.41) is 0. The highest BCUT2D eigenvalue weighted by molar-refractivity contribution is 7.82. The molecule has 1 fully saturated rings. The zero-order valence-corrected chi connectivity index (χ0v) is 13.8. The van der Waals surface area contributed by atoms with Gasteiger partial charge in [0.2, 0.25) is 0 Å². The number of aromatic nitrogens is 1. The van der Waals surface area contributed by atoms with Crippen LogP contribution in [0.25, 0.3) is 10.2 Å². The number of benzene rings is 1. The van der Waals surface area contributed by atoms with Gasteiger partial charge < -0.3 is 0 Å². The summed E-state index contributed by atoms with van der Waals surface area (Å²) in [7, 11) is 0. The Morgan fingerprint density at radius 3 is 2.86 bits per heavy atom. The lowest BCUT2D eigenvalue weighted by molar-refractivity contribution is -0.119. The molecule has 2 aromatic rings. The van der Waals surface area contributed by atoms with Crippen molar-refractivity contribution in [2.24, 2.45) is 0 Å². The number of nitrogens with zero attached hydrogens (tertiary/aromatic N) is 1. The molecule has 0 aliphatic heterocycles. The predicted octanol–water partition coefficient (Wildman–Crippen LogP) is 4.51. The molecular formula is C17H19NOS2. The third-order valence-electron chi connectivity index (χ3n) is 3.43. The highest BCUT2D eigenvalue weighted by Gasteiger charge is 2.37. The number of hydrogen-bond donors (Lipinski definition) is 1. The molecule has 1 atom stereocenters. The lowest BCUT2D eigenvalue weighted by Gasteiger charge is -2.16. The third-order valence-corrected chi connectivity index (χ3v) is 4.87. The molecular weight excluding hydrogens is 298 g/mol. The Balaban J connectivity index is 0.000000159. The normalized spacial score (nSPS) is 20.6. The van der Waals surface area contributed by atoms with E-state index < -0.39 is 4.75 Å². The first-order valence-electron chi connectivity index (χ1n) is 7.15. The third kappa shape index (κ3) is 4.33. The summed E-state index contributed by atoms with van der Waals surface area (Å²) >= 11 is 6.07. The Kier molecular flexibility index (Phi) is 5.84. The van der Waals surface area contributed by atoms with Gasteiger partial charge in [0, 0.05) is 19.3 Å². The van der Waals surface area contributed by atoms with E-state index in [1.807, 2.05) is 30.6 Å². The molecule has 0 radical (unpaired) electrons. The Morgan fingerprint density at radius 2 is 2.19 bits per heavy atom. The number of thiol groups is 1. The molecule has 4 heteroatoms. The molecule has 1 aromatic heterocycles. The minimum Gasteiger partial charge on any atom is -0.298 e. The van der Waals surface area contributed by atoms with Crippen molar-refractivity contribution in [1.29, 1.82) is 0 Å². The fraction of sp³-hybridized carbons (Fsp3) is 0.412. The zero-order valence-electron chi connectivity index (χ0n) is 12.1. The molecule has 1 saturated carbocycles. The van der Waals surface area contributed by atoms with Crippen LogP contribution in [0.15, 0.2) is 29.8 Å². The van der Waals surface area contributed by atoms with E-state index in [9.17, 15) is 4.79 Å². The maximum Gasteiger partial charge on any atom is 0.149 e. The van der Waals surface area contributed by atoms with Crippen LogP contribution in [0.1, 0.15) is 39.0 Å². The molecule has 1 heterocycles. The van der Waals surface area contributed by atoms with E-state index in [-0.39, 0.29) is 5.78 Å². The number of rotatable bonds is 1. The summed E-state index contributed by atoms with van der Waals surface area (Å²) < 4.78 is 0.847. The molecule has 0 spiro atoms. The van der Waals surface area contributed by atoms with Gasteiger partial charge in [-0.2, -0.15) is 12.6 Å². The van der Waals surface area contributed by atoms with Crippen molar-refractivity contribution in [3.05, 3.63) is 29.8 Å². The highest BCUT2D eigenvalue weighted by atomic mass is 32.1. The van der Waals surface area contributed by atoms with E-state index in [1.165, 1.54) is 4.70 Å². The van der Waals surface area contributed by atoms with Crippen molar-refractivity contribution in [3.8, 4) is 11.8 Å². The van der Waals surface area contributed by atoms with E-state index in [4.69, 9.17) is 0 Å². The average molecular weight is 317 g/mol. The van der Waals surface area contributed by atoms with Crippen LogP contribution < -0.4 is 0 Å². The van der Waals surface area contributed by atoms with Gasteiger partial charge in [-0.05, 0) is 25.0 Å². The van der Waals surface area contributed by atoms with Crippen LogP contribution in [-0.2, 0) is 4.79 Å². The number of Topliss-reactive ketones (excluding diaryl/α,β-unsaturated/α-hetero) is 1. The van der Waals surface area contributed by atoms with Crippen LogP contribution >= 0.6 is 24.0 Å². The number of ketones is 1. The predicted molar refractivity (Wildman–Crippen MR) is 92.9 cm³/mol. The maximum atomic E-state index is 11.3. The SMILES string of the molecule is CCC#CCC1(S)CCCC1=O.c1ccc2scnc2c1. The van der Waals surface area contributed by atoms with Crippen molar-refractivity contribution in [2.75, 3.05) is 0 Å². The van der Waals surface area contributed by atoms with Crippen LogP contribution in [0.4, 0.5) is 0 Å². The van der Waals surface area contributed by atoms with Crippen LogP contribution in [0.2, 0.25) is 0 Å². The van der Waals surface area contributed by atoms with Crippen molar-refractivity contribution < 1.29 is 4.79 Å². The number of carbonyl (C=O) groups excluding carboxylic acids is 1. The van der Waals surface area contributed by atoms with Gasteiger partial charge in [0.05, 0.1) is 20.5 Å². The Morgan fingerprint density at radius 1 is 1.38 bits per heavy atom. The molecule has 0 N–H and O–H groups in total. The number of carbonyl (C=O) groups is 1. The molecule has 1 aromatic carbocycles. The molecule has 110 valence electrons. The molecule has 21 heavy (non-hydrogen) atoms. The minimum atomic E-state index is -0.415. The van der Waals surface area contributed by atoms with Crippen LogP contribution in [0.3, 0.4) is 0 Å². The van der Waals surface area contributed by atoms with Gasteiger partial charge in [-0.15, -0.1) is 23.2 Å². The van der Waals surface area contributed by atoms with Crippen molar-refractivity contribution in [1.82, 2.24) is 4.98 Å². The molecule has 0 amide bonds. The van der Waals surface area contributed by atoms with Gasteiger partial charge in [0.15, 0.2) is 0 Å². The second-order valence-corrected chi connectivity index (χ2v) is 6.75. The Bertz CT molecular complexity index is 638. The summed E-state index contributed by atoms with van der Waals surface area (Å²) in [6.07, 6.45) is 4.06. The molecule has 1 unspecified atom stereocenters. The van der Waals surface area contributed by atoms with E-state index in [2.05, 4.69) is 35.5 Å². The molecule has 1 aliphatic rings. The van der Waals surface area contributed by atoms with Crippen LogP contribution in [0, 0.1) is 11.8 Å². The fourth-order valence-corrected chi connectivity index (χ4v) is 3.27. The topological polar surface area (TPSA) is 30.0 Å². The molecule has 2 nitrogen and oxygen atoms in total. The Labute approximate surface area is 135 Å². The lowest BCUT2D eigenvalue weighted by atomic mass is 10.0. The minimum absolute atomic E-state index is 0.274. The lowest BCUT2D eigenvalue weighted by Crippen LogP contribution is -2.25. The zero-order chi connectivity index (χ0) is 15.1. The second kappa shape index (κ2) is 7.63. The summed E-state index contributed by atoms with van der Waals surface area (Å²) in [4.78, 5) is 15.5. The molecule has 0 bridgehead atoms. The second-order valence-electron chi connectivity index (χ2n) is 5.01. The van der Waals surface area contributed by atoms with E-state index >= 15 is 0 Å². The van der Waals surface area contributed by atoms with E-state index in [0.717, 1.165) is 24.8 Å². The number of hydrogen-bond acceptors (Lipinski definition) is 4. The number of para-hydroxylation sites is 1. The first-order valence-corrected chi connectivity index (χ1v) is 8.48. The van der Waals surface area contributed by atoms with Gasteiger partial charge in [-0.3, -0.25) is 4.79 Å². The number of thiazole rings is 1. The van der Waals surface area contributed by atoms with Gasteiger partial charge in [-0.1, -0.05) is 19.1 Å². The average Bonchev–Trinajstić information content (AvgIpc) is 3.08. The first kappa shape index (κ1) is 16.1. The molecule has 3 rings (SSSR count). The maximum absolute atomic E-state index is 11.3. The van der Waals surface area contributed by atoms with Gasteiger partial charge in [0.25, 0.3) is 0 Å². The van der Waals surface area contributed by atoms with Crippen LogP contribution in [0.5, 0.6) is 0 Å².